The summed E-state index contributed by atoms with van der Waals surface area (Å²) in [5.41, 5.74) is 7.56. The van der Waals surface area contributed by atoms with Gasteiger partial charge in [0.1, 0.15) is 11.9 Å². The second kappa shape index (κ2) is 7.14. The van der Waals surface area contributed by atoms with Crippen molar-refractivity contribution >= 4 is 5.69 Å². The van der Waals surface area contributed by atoms with Crippen LogP contribution in [-0.4, -0.2) is 30.8 Å². The zero-order chi connectivity index (χ0) is 15.4. The number of likely N-dealkylation sites (N-methyl/N-ethyl adjacent to an activating group) is 1. The van der Waals surface area contributed by atoms with Crippen molar-refractivity contribution < 1.29 is 9.84 Å². The molecule has 0 spiro atoms. The van der Waals surface area contributed by atoms with E-state index in [1.807, 2.05) is 12.1 Å². The predicted molar refractivity (Wildman–Crippen MR) is 86.8 cm³/mol. The van der Waals surface area contributed by atoms with E-state index in [4.69, 9.17) is 10.5 Å². The predicted octanol–water partition coefficient (Wildman–Crippen LogP) is 2.70. The highest BCUT2D eigenvalue weighted by molar-refractivity contribution is 5.62. The van der Waals surface area contributed by atoms with E-state index in [1.165, 1.54) is 0 Å². The Morgan fingerprint density at radius 2 is 2.19 bits per heavy atom. The number of hydrogen-bond donors (Lipinski definition) is 2. The Morgan fingerprint density at radius 3 is 2.81 bits per heavy atom. The first-order valence-electron chi connectivity index (χ1n) is 8.00. The summed E-state index contributed by atoms with van der Waals surface area (Å²) in [4.78, 5) is 2.34. The Labute approximate surface area is 127 Å². The average molecular weight is 292 g/mol. The molecule has 1 heterocycles. The number of ether oxygens (including phenoxy) is 1. The number of aliphatic hydroxyl groups excluding tert-OH is 1. The number of hydrogen-bond acceptors (Lipinski definition) is 4. The summed E-state index contributed by atoms with van der Waals surface area (Å²) in [6.45, 7) is 9.00. The number of aliphatic hydroxyl groups is 1. The van der Waals surface area contributed by atoms with Crippen LogP contribution in [0.15, 0.2) is 18.2 Å². The minimum absolute atomic E-state index is 0.227. The number of nitrogens with two attached hydrogens (primary N) is 1. The van der Waals surface area contributed by atoms with Crippen LogP contribution in [0.5, 0.6) is 5.75 Å². The summed E-state index contributed by atoms with van der Waals surface area (Å²) in [5.74, 6) is 1.42. The fraction of sp³-hybridized carbons (Fsp3) is 0.647. The molecular formula is C17H28N2O2. The second-order valence-electron chi connectivity index (χ2n) is 6.11. The number of fused-ring (bicyclic) bond motifs is 1. The topological polar surface area (TPSA) is 58.7 Å². The summed E-state index contributed by atoms with van der Waals surface area (Å²) in [6.07, 6.45) is 1.32. The quantitative estimate of drug-likeness (QED) is 0.846. The number of benzene rings is 1. The van der Waals surface area contributed by atoms with Gasteiger partial charge >= 0.3 is 0 Å². The molecule has 1 aliphatic rings. The van der Waals surface area contributed by atoms with Crippen LogP contribution in [0.1, 0.15) is 45.3 Å². The van der Waals surface area contributed by atoms with Crippen LogP contribution in [0.25, 0.3) is 0 Å². The molecule has 0 radical (unpaired) electrons. The fourth-order valence-corrected chi connectivity index (χ4v) is 2.73. The zero-order valence-electron chi connectivity index (χ0n) is 13.4. The van der Waals surface area contributed by atoms with E-state index >= 15 is 0 Å². The fourth-order valence-electron chi connectivity index (χ4n) is 2.73. The van der Waals surface area contributed by atoms with E-state index in [1.54, 1.807) is 0 Å². The Hall–Kier alpha value is -1.26. The molecule has 0 aliphatic carbocycles. The van der Waals surface area contributed by atoms with Gasteiger partial charge in [-0.15, -0.1) is 0 Å². The molecule has 1 aromatic rings. The summed E-state index contributed by atoms with van der Waals surface area (Å²) >= 11 is 0. The number of rotatable bonds is 6. The van der Waals surface area contributed by atoms with Crippen LogP contribution in [0.4, 0.5) is 5.69 Å². The molecule has 3 N–H and O–H groups in total. The normalized spacial score (nSPS) is 19.3. The summed E-state index contributed by atoms with van der Waals surface area (Å²) in [6, 6.07) is 6.03. The standard InChI is InChI=1S/C17H28N2O2/c1-4-19-11-17(12(2)3)21-16-8-7-13(10-14(16)19)15(20)6-5-9-18/h7-8,10,12,15,17,20H,4-6,9,11,18H2,1-3H3. The van der Waals surface area contributed by atoms with Crippen molar-refractivity contribution in [1.29, 1.82) is 0 Å². The van der Waals surface area contributed by atoms with E-state index in [0.29, 0.717) is 18.9 Å². The lowest BCUT2D eigenvalue weighted by Crippen LogP contribution is -2.42. The van der Waals surface area contributed by atoms with E-state index in [-0.39, 0.29) is 6.10 Å². The molecule has 0 saturated heterocycles. The van der Waals surface area contributed by atoms with Gasteiger partial charge in [0.05, 0.1) is 18.3 Å². The summed E-state index contributed by atoms with van der Waals surface area (Å²) < 4.78 is 6.10. The van der Waals surface area contributed by atoms with Crippen molar-refractivity contribution in [3.05, 3.63) is 23.8 Å². The van der Waals surface area contributed by atoms with Crippen molar-refractivity contribution in [2.24, 2.45) is 11.7 Å². The van der Waals surface area contributed by atoms with Gasteiger partial charge in [-0.05, 0) is 49.9 Å². The molecule has 0 aromatic heterocycles. The highest BCUT2D eigenvalue weighted by Gasteiger charge is 2.27. The lowest BCUT2D eigenvalue weighted by Gasteiger charge is -2.37. The van der Waals surface area contributed by atoms with Crippen molar-refractivity contribution in [3.8, 4) is 5.75 Å². The van der Waals surface area contributed by atoms with Crippen LogP contribution < -0.4 is 15.4 Å². The van der Waals surface area contributed by atoms with Crippen LogP contribution in [-0.2, 0) is 0 Å². The van der Waals surface area contributed by atoms with Crippen LogP contribution >= 0.6 is 0 Å². The molecule has 2 rings (SSSR count). The van der Waals surface area contributed by atoms with Crippen molar-refractivity contribution in [2.75, 3.05) is 24.5 Å². The van der Waals surface area contributed by atoms with Gasteiger partial charge in [-0.3, -0.25) is 0 Å². The van der Waals surface area contributed by atoms with Gasteiger partial charge in [0.2, 0.25) is 0 Å². The third kappa shape index (κ3) is 3.69. The van der Waals surface area contributed by atoms with Crippen LogP contribution in [0.3, 0.4) is 0 Å². The van der Waals surface area contributed by atoms with E-state index in [9.17, 15) is 5.11 Å². The van der Waals surface area contributed by atoms with E-state index < -0.39 is 6.10 Å². The maximum absolute atomic E-state index is 10.2. The minimum atomic E-state index is -0.444. The molecule has 0 saturated carbocycles. The van der Waals surface area contributed by atoms with Gasteiger partial charge in [0, 0.05) is 6.54 Å². The molecule has 1 aliphatic heterocycles. The molecule has 0 bridgehead atoms. The van der Waals surface area contributed by atoms with Crippen molar-refractivity contribution in [2.45, 2.75) is 45.8 Å². The van der Waals surface area contributed by atoms with Crippen LogP contribution in [0.2, 0.25) is 0 Å². The van der Waals surface area contributed by atoms with Crippen molar-refractivity contribution in [1.82, 2.24) is 0 Å². The molecule has 118 valence electrons. The third-order valence-corrected chi connectivity index (χ3v) is 4.19. The Balaban J connectivity index is 2.22. The average Bonchev–Trinajstić information content (AvgIpc) is 2.50. The largest absolute Gasteiger partial charge is 0.486 e. The highest BCUT2D eigenvalue weighted by Crippen LogP contribution is 2.37. The Bertz CT molecular complexity index is 462. The molecule has 4 heteroatoms. The van der Waals surface area contributed by atoms with Crippen LogP contribution in [0, 0.1) is 5.92 Å². The molecule has 2 atom stereocenters. The lowest BCUT2D eigenvalue weighted by molar-refractivity contribution is 0.145. The highest BCUT2D eigenvalue weighted by atomic mass is 16.5. The van der Waals surface area contributed by atoms with E-state index in [0.717, 1.165) is 36.5 Å². The summed E-state index contributed by atoms with van der Waals surface area (Å²) in [5, 5.41) is 10.2. The lowest BCUT2D eigenvalue weighted by atomic mass is 10.0. The van der Waals surface area contributed by atoms with Gasteiger partial charge in [-0.25, -0.2) is 0 Å². The molecular weight excluding hydrogens is 264 g/mol. The first-order valence-corrected chi connectivity index (χ1v) is 8.00. The number of nitrogens with zero attached hydrogens (tertiary/aromatic N) is 1. The maximum atomic E-state index is 10.2. The second-order valence-corrected chi connectivity index (χ2v) is 6.11. The Kier molecular flexibility index (Phi) is 5.48. The van der Waals surface area contributed by atoms with Crippen molar-refractivity contribution in [3.63, 3.8) is 0 Å². The van der Waals surface area contributed by atoms with Gasteiger partial charge in [-0.2, -0.15) is 0 Å². The smallest absolute Gasteiger partial charge is 0.143 e. The maximum Gasteiger partial charge on any atom is 0.143 e. The third-order valence-electron chi connectivity index (χ3n) is 4.19. The monoisotopic (exact) mass is 292 g/mol. The van der Waals surface area contributed by atoms with Gasteiger partial charge in [-0.1, -0.05) is 19.9 Å². The Morgan fingerprint density at radius 1 is 1.43 bits per heavy atom. The molecule has 4 nitrogen and oxygen atoms in total. The molecule has 0 fully saturated rings. The summed E-state index contributed by atoms with van der Waals surface area (Å²) in [7, 11) is 0. The first-order chi connectivity index (χ1) is 10.1. The van der Waals surface area contributed by atoms with E-state index in [2.05, 4.69) is 31.7 Å². The van der Waals surface area contributed by atoms with Gasteiger partial charge in [0.15, 0.2) is 0 Å². The molecule has 1 aromatic carbocycles. The molecule has 0 amide bonds. The molecule has 2 unspecified atom stereocenters. The first kappa shape index (κ1) is 16.1. The SMILES string of the molecule is CCN1CC(C(C)C)Oc2ccc(C(O)CCCN)cc21. The minimum Gasteiger partial charge on any atom is -0.486 e. The zero-order valence-corrected chi connectivity index (χ0v) is 13.4. The van der Waals surface area contributed by atoms with Gasteiger partial charge in [0.25, 0.3) is 0 Å². The van der Waals surface area contributed by atoms with Gasteiger partial charge < -0.3 is 20.5 Å². The number of anilines is 1. The molecule has 21 heavy (non-hydrogen) atoms.